The number of hydrogen-bond acceptors (Lipinski definition) is 7. The van der Waals surface area contributed by atoms with Gasteiger partial charge >= 0.3 is 0 Å². The minimum absolute atomic E-state index is 0.110. The third kappa shape index (κ3) is 3.57. The number of aromatic nitrogens is 6. The maximum Gasteiger partial charge on any atom is 0.270 e. The van der Waals surface area contributed by atoms with Crippen LogP contribution in [0.25, 0.3) is 0 Å². The van der Waals surface area contributed by atoms with Crippen LogP contribution in [0.4, 0.5) is 5.95 Å². The fourth-order valence-corrected chi connectivity index (χ4v) is 1.90. The highest BCUT2D eigenvalue weighted by molar-refractivity contribution is 6.03. The van der Waals surface area contributed by atoms with Crippen LogP contribution in [0, 0.1) is 0 Å². The van der Waals surface area contributed by atoms with Crippen LogP contribution in [0.2, 0.25) is 0 Å². The summed E-state index contributed by atoms with van der Waals surface area (Å²) >= 11 is 0. The number of benzene rings is 1. The Bertz CT molecular complexity index is 778. The van der Waals surface area contributed by atoms with E-state index in [1.54, 1.807) is 16.8 Å². The smallest absolute Gasteiger partial charge is 0.270 e. The molecule has 2 heterocycles. The second-order valence-electron chi connectivity index (χ2n) is 5.27. The summed E-state index contributed by atoms with van der Waals surface area (Å²) in [4.78, 5) is 16.3. The van der Waals surface area contributed by atoms with E-state index in [2.05, 4.69) is 31.0 Å². The largest absolute Gasteiger partial charge is 0.337 e. The molecule has 0 spiro atoms. The zero-order valence-electron chi connectivity index (χ0n) is 12.7. The molecule has 3 aromatic rings. The Hall–Kier alpha value is -3.10. The van der Waals surface area contributed by atoms with Gasteiger partial charge in [0.05, 0.1) is 6.54 Å². The number of tetrazole rings is 1. The monoisotopic (exact) mass is 313 g/mol. The molecule has 2 aromatic heterocycles. The summed E-state index contributed by atoms with van der Waals surface area (Å²) in [5, 5.41) is 17.3. The van der Waals surface area contributed by atoms with Gasteiger partial charge in [0.15, 0.2) is 0 Å². The predicted octanol–water partition coefficient (Wildman–Crippen LogP) is 1.48. The third-order valence-corrected chi connectivity index (χ3v) is 3.11. The minimum atomic E-state index is -0.296. The molecule has 0 bridgehead atoms. The first-order valence-electron chi connectivity index (χ1n) is 7.06. The van der Waals surface area contributed by atoms with Crippen molar-refractivity contribution >= 4 is 11.9 Å². The Morgan fingerprint density at radius 1 is 1.30 bits per heavy atom. The van der Waals surface area contributed by atoms with Crippen molar-refractivity contribution in [1.82, 2.24) is 30.3 Å². The summed E-state index contributed by atoms with van der Waals surface area (Å²) in [5.74, 6) is 0.461. The molecule has 1 aromatic carbocycles. The van der Waals surface area contributed by atoms with E-state index in [0.717, 1.165) is 5.56 Å². The van der Waals surface area contributed by atoms with Crippen molar-refractivity contribution in [1.29, 1.82) is 0 Å². The molecular formula is C14H15N7O2. The number of anilines is 1. The Kier molecular flexibility index (Phi) is 4.09. The van der Waals surface area contributed by atoms with E-state index in [-0.39, 0.29) is 17.8 Å². The van der Waals surface area contributed by atoms with E-state index in [4.69, 9.17) is 4.52 Å². The quantitative estimate of drug-likeness (QED) is 0.759. The van der Waals surface area contributed by atoms with Gasteiger partial charge in [-0.15, -0.1) is 5.10 Å². The predicted molar refractivity (Wildman–Crippen MR) is 79.7 cm³/mol. The summed E-state index contributed by atoms with van der Waals surface area (Å²) in [6.45, 7) is 4.41. The molecule has 1 amide bonds. The van der Waals surface area contributed by atoms with Gasteiger partial charge < -0.3 is 4.52 Å². The van der Waals surface area contributed by atoms with Crippen molar-refractivity contribution in [2.75, 3.05) is 5.32 Å². The number of carbonyl (C=O) groups is 1. The van der Waals surface area contributed by atoms with Crippen molar-refractivity contribution in [3.63, 3.8) is 0 Å². The molecule has 3 rings (SSSR count). The molecule has 118 valence electrons. The van der Waals surface area contributed by atoms with Gasteiger partial charge in [-0.2, -0.15) is 4.98 Å². The second-order valence-corrected chi connectivity index (χ2v) is 5.27. The number of hydrogen-bond donors (Lipinski definition) is 1. The molecule has 1 N–H and O–H groups in total. The normalized spacial score (nSPS) is 10.9. The minimum Gasteiger partial charge on any atom is -0.337 e. The van der Waals surface area contributed by atoms with E-state index in [0.29, 0.717) is 18.0 Å². The average molecular weight is 313 g/mol. The molecule has 0 unspecified atom stereocenters. The van der Waals surface area contributed by atoms with Crippen LogP contribution in [0.1, 0.15) is 41.6 Å². The van der Waals surface area contributed by atoms with Crippen LogP contribution < -0.4 is 5.32 Å². The van der Waals surface area contributed by atoms with E-state index in [1.807, 2.05) is 26.0 Å². The van der Waals surface area contributed by atoms with Crippen LogP contribution in [0.3, 0.4) is 0 Å². The zero-order chi connectivity index (χ0) is 16.2. The van der Waals surface area contributed by atoms with Crippen LogP contribution in [0.5, 0.6) is 0 Å². The maximum absolute atomic E-state index is 12.2. The van der Waals surface area contributed by atoms with Crippen molar-refractivity contribution in [2.24, 2.45) is 0 Å². The summed E-state index contributed by atoms with van der Waals surface area (Å²) in [6.07, 6.45) is 1.53. The maximum atomic E-state index is 12.2. The topological polar surface area (TPSA) is 112 Å². The van der Waals surface area contributed by atoms with Crippen molar-refractivity contribution in [3.8, 4) is 0 Å². The fourth-order valence-electron chi connectivity index (χ4n) is 1.90. The van der Waals surface area contributed by atoms with Gasteiger partial charge in [-0.05, 0) is 33.3 Å². The molecule has 0 saturated heterocycles. The Morgan fingerprint density at radius 3 is 2.70 bits per heavy atom. The highest BCUT2D eigenvalue weighted by Gasteiger charge is 2.13. The number of nitrogens with zero attached hydrogens (tertiary/aromatic N) is 6. The van der Waals surface area contributed by atoms with Gasteiger partial charge in [-0.3, -0.25) is 10.1 Å². The van der Waals surface area contributed by atoms with Gasteiger partial charge in [0.25, 0.3) is 11.9 Å². The first-order chi connectivity index (χ1) is 11.1. The van der Waals surface area contributed by atoms with E-state index in [1.165, 1.54) is 6.33 Å². The van der Waals surface area contributed by atoms with Crippen LogP contribution >= 0.6 is 0 Å². The molecule has 0 radical (unpaired) electrons. The van der Waals surface area contributed by atoms with Crippen molar-refractivity contribution in [3.05, 3.63) is 47.6 Å². The molecule has 0 saturated carbocycles. The lowest BCUT2D eigenvalue weighted by atomic mass is 10.1. The summed E-state index contributed by atoms with van der Waals surface area (Å²) in [6, 6.07) is 7.12. The highest BCUT2D eigenvalue weighted by atomic mass is 16.5. The number of amides is 1. The summed E-state index contributed by atoms with van der Waals surface area (Å²) < 4.78 is 6.64. The first kappa shape index (κ1) is 14.8. The molecule has 0 fully saturated rings. The number of carbonyl (C=O) groups excluding carboxylic acids is 1. The van der Waals surface area contributed by atoms with Crippen LogP contribution in [-0.2, 0) is 6.54 Å². The number of nitrogens with one attached hydrogen (secondary N) is 1. The van der Waals surface area contributed by atoms with Gasteiger partial charge in [-0.25, -0.2) is 4.68 Å². The lowest BCUT2D eigenvalue weighted by Gasteiger charge is -2.03. The average Bonchev–Trinajstić information content (AvgIpc) is 3.19. The van der Waals surface area contributed by atoms with Gasteiger partial charge in [-0.1, -0.05) is 26.0 Å². The van der Waals surface area contributed by atoms with Gasteiger partial charge in [0, 0.05) is 11.5 Å². The van der Waals surface area contributed by atoms with Gasteiger partial charge in [0.2, 0.25) is 5.89 Å². The molecular weight excluding hydrogens is 298 g/mol. The molecule has 9 nitrogen and oxygen atoms in total. The fraction of sp³-hybridized carbons (Fsp3) is 0.286. The molecule has 0 aliphatic carbocycles. The van der Waals surface area contributed by atoms with E-state index >= 15 is 0 Å². The standard InChI is InChI=1S/C14H15N7O2/c1-9(2)13-17-14(18-23-13)16-12(22)11-5-3-10(4-6-11)7-21-8-15-19-20-21/h3-6,8-9H,7H2,1-2H3,(H,16,18,22). The molecule has 9 heteroatoms. The summed E-state index contributed by atoms with van der Waals surface area (Å²) in [7, 11) is 0. The Morgan fingerprint density at radius 2 is 2.09 bits per heavy atom. The zero-order valence-corrected chi connectivity index (χ0v) is 12.7. The van der Waals surface area contributed by atoms with Crippen LogP contribution in [0.15, 0.2) is 35.1 Å². The van der Waals surface area contributed by atoms with Crippen molar-refractivity contribution in [2.45, 2.75) is 26.3 Å². The SMILES string of the molecule is CC(C)c1nc(NC(=O)c2ccc(Cn3cnnn3)cc2)no1. The Balaban J connectivity index is 1.65. The first-order valence-corrected chi connectivity index (χ1v) is 7.06. The lowest BCUT2D eigenvalue weighted by Crippen LogP contribution is -2.13. The van der Waals surface area contributed by atoms with E-state index < -0.39 is 0 Å². The second kappa shape index (κ2) is 6.34. The summed E-state index contributed by atoms with van der Waals surface area (Å²) in [5.41, 5.74) is 1.48. The molecule has 0 atom stereocenters. The Labute approximate surface area is 131 Å². The van der Waals surface area contributed by atoms with E-state index in [9.17, 15) is 4.79 Å². The molecule has 0 aliphatic rings. The van der Waals surface area contributed by atoms with Gasteiger partial charge in [0.1, 0.15) is 6.33 Å². The molecule has 0 aliphatic heterocycles. The number of rotatable bonds is 5. The van der Waals surface area contributed by atoms with Crippen LogP contribution in [-0.4, -0.2) is 36.3 Å². The lowest BCUT2D eigenvalue weighted by molar-refractivity contribution is 0.102. The van der Waals surface area contributed by atoms with Crippen molar-refractivity contribution < 1.29 is 9.32 Å². The molecule has 23 heavy (non-hydrogen) atoms. The third-order valence-electron chi connectivity index (χ3n) is 3.11. The highest BCUT2D eigenvalue weighted by Crippen LogP contribution is 2.14.